The van der Waals surface area contributed by atoms with Crippen molar-refractivity contribution in [2.45, 2.75) is 24.5 Å². The van der Waals surface area contributed by atoms with Crippen molar-refractivity contribution in [1.29, 1.82) is 0 Å². The molecule has 30 heavy (non-hydrogen) atoms. The van der Waals surface area contributed by atoms with Crippen molar-refractivity contribution in [3.63, 3.8) is 0 Å². The fourth-order valence-corrected chi connectivity index (χ4v) is 4.34. The monoisotopic (exact) mass is 443 g/mol. The summed E-state index contributed by atoms with van der Waals surface area (Å²) in [5.41, 5.74) is 7.28. The average molecular weight is 444 g/mol. The van der Waals surface area contributed by atoms with Gasteiger partial charge in [0.25, 0.3) is 0 Å². The molecule has 0 radical (unpaired) electrons. The van der Waals surface area contributed by atoms with Gasteiger partial charge in [-0.05, 0) is 6.07 Å². The first-order chi connectivity index (χ1) is 14.6. The van der Waals surface area contributed by atoms with Gasteiger partial charge in [-0.3, -0.25) is 0 Å². The fourth-order valence-electron chi connectivity index (χ4n) is 4.04. The van der Waals surface area contributed by atoms with Crippen LogP contribution in [0.2, 0.25) is 10.2 Å². The third kappa shape index (κ3) is 3.33. The van der Waals surface area contributed by atoms with Crippen molar-refractivity contribution in [2.24, 2.45) is 5.73 Å². The molecule has 2 aromatic heterocycles. The minimum absolute atomic E-state index is 0.116. The number of halogens is 2. The van der Waals surface area contributed by atoms with Gasteiger partial charge in [0.2, 0.25) is 5.88 Å². The summed E-state index contributed by atoms with van der Waals surface area (Å²) in [5, 5.41) is 0.413. The van der Waals surface area contributed by atoms with E-state index in [0.717, 1.165) is 43.1 Å². The second-order valence-electron chi connectivity index (χ2n) is 7.40. The number of rotatable bonds is 3. The molecule has 0 bridgehead atoms. The third-order valence-corrected chi connectivity index (χ3v) is 6.46. The normalized spacial score (nSPS) is 19.4. The van der Waals surface area contributed by atoms with Crippen LogP contribution in [-0.2, 0) is 0 Å². The standard InChI is InChI=1S/C21H19Cl2N5O2/c22-18-15(5-8-25-20(18)23)29-17-12-26-16(11-27-17)28-9-6-21(7-10-28)19(24)13-3-1-2-4-14(13)30-21/h1-5,8,11-12,19H,6-7,9-10,24H2/t19-/m1/s1. The summed E-state index contributed by atoms with van der Waals surface area (Å²) >= 11 is 12.0. The van der Waals surface area contributed by atoms with Crippen LogP contribution >= 0.6 is 23.2 Å². The molecular formula is C21H19Cl2N5O2. The average Bonchev–Trinajstić information content (AvgIpc) is 3.04. The molecule has 5 rings (SSSR count). The van der Waals surface area contributed by atoms with Crippen LogP contribution in [0.15, 0.2) is 48.9 Å². The van der Waals surface area contributed by atoms with E-state index in [1.165, 1.54) is 6.20 Å². The summed E-state index contributed by atoms with van der Waals surface area (Å²) in [6, 6.07) is 9.52. The van der Waals surface area contributed by atoms with E-state index in [4.69, 9.17) is 38.4 Å². The highest BCUT2D eigenvalue weighted by molar-refractivity contribution is 6.42. The van der Waals surface area contributed by atoms with Gasteiger partial charge in [-0.25, -0.2) is 15.0 Å². The molecule has 1 fully saturated rings. The van der Waals surface area contributed by atoms with Crippen LogP contribution in [0.25, 0.3) is 0 Å². The van der Waals surface area contributed by atoms with E-state index in [2.05, 4.69) is 19.9 Å². The Balaban J connectivity index is 1.26. The number of hydrogen-bond acceptors (Lipinski definition) is 7. The van der Waals surface area contributed by atoms with Gasteiger partial charge in [0.1, 0.15) is 22.2 Å². The van der Waals surface area contributed by atoms with Crippen molar-refractivity contribution in [3.8, 4) is 17.4 Å². The topological polar surface area (TPSA) is 86.4 Å². The van der Waals surface area contributed by atoms with E-state index in [1.807, 2.05) is 24.3 Å². The molecule has 1 saturated heterocycles. The van der Waals surface area contributed by atoms with Crippen molar-refractivity contribution in [3.05, 3.63) is 64.7 Å². The molecule has 1 aromatic carbocycles. The molecule has 0 amide bonds. The fraction of sp³-hybridized carbons (Fsp3) is 0.286. The van der Waals surface area contributed by atoms with Gasteiger partial charge in [-0.1, -0.05) is 41.4 Å². The number of para-hydroxylation sites is 1. The lowest BCUT2D eigenvalue weighted by atomic mass is 9.83. The number of nitrogens with two attached hydrogens (primary N) is 1. The Morgan fingerprint density at radius 3 is 2.60 bits per heavy atom. The van der Waals surface area contributed by atoms with Gasteiger partial charge in [0.05, 0.1) is 18.4 Å². The Bertz CT molecular complexity index is 1070. The number of hydrogen-bond donors (Lipinski definition) is 1. The van der Waals surface area contributed by atoms with Crippen LogP contribution in [0.4, 0.5) is 5.82 Å². The predicted molar refractivity (Wildman–Crippen MR) is 115 cm³/mol. The summed E-state index contributed by atoms with van der Waals surface area (Å²) < 4.78 is 12.0. The SMILES string of the molecule is N[C@@H]1c2ccccc2OC12CCN(c1cnc(Oc3ccnc(Cl)c3Cl)cn1)CC2. The molecule has 0 unspecified atom stereocenters. The minimum atomic E-state index is -0.353. The highest BCUT2D eigenvalue weighted by Gasteiger charge is 2.48. The molecule has 154 valence electrons. The second kappa shape index (κ2) is 7.58. The highest BCUT2D eigenvalue weighted by Crippen LogP contribution is 2.47. The molecule has 0 aliphatic carbocycles. The molecule has 2 aliphatic rings. The van der Waals surface area contributed by atoms with E-state index < -0.39 is 0 Å². The highest BCUT2D eigenvalue weighted by atomic mass is 35.5. The van der Waals surface area contributed by atoms with Crippen LogP contribution < -0.4 is 20.1 Å². The number of ether oxygens (including phenoxy) is 2. The van der Waals surface area contributed by atoms with Gasteiger partial charge < -0.3 is 20.1 Å². The number of pyridine rings is 1. The van der Waals surface area contributed by atoms with E-state index in [9.17, 15) is 0 Å². The molecule has 3 aromatic rings. The van der Waals surface area contributed by atoms with Gasteiger partial charge in [-0.15, -0.1) is 0 Å². The number of fused-ring (bicyclic) bond motifs is 1. The smallest absolute Gasteiger partial charge is 0.238 e. The molecule has 4 heterocycles. The van der Waals surface area contributed by atoms with Crippen molar-refractivity contribution >= 4 is 29.0 Å². The number of piperidine rings is 1. The van der Waals surface area contributed by atoms with Gasteiger partial charge >= 0.3 is 0 Å². The molecule has 2 N–H and O–H groups in total. The van der Waals surface area contributed by atoms with E-state index in [0.29, 0.717) is 11.6 Å². The third-order valence-electron chi connectivity index (χ3n) is 5.71. The lowest BCUT2D eigenvalue weighted by molar-refractivity contribution is 0.0431. The lowest BCUT2D eigenvalue weighted by Crippen LogP contribution is -2.51. The minimum Gasteiger partial charge on any atom is -0.485 e. The Kier molecular flexibility index (Phi) is 4.89. The lowest BCUT2D eigenvalue weighted by Gasteiger charge is -2.41. The van der Waals surface area contributed by atoms with E-state index in [-0.39, 0.29) is 21.8 Å². The summed E-state index contributed by atoms with van der Waals surface area (Å²) in [7, 11) is 0. The number of anilines is 1. The van der Waals surface area contributed by atoms with Crippen LogP contribution in [0.1, 0.15) is 24.4 Å². The molecule has 0 saturated carbocycles. The van der Waals surface area contributed by atoms with Crippen molar-refractivity contribution < 1.29 is 9.47 Å². The van der Waals surface area contributed by atoms with Gasteiger partial charge in [-0.2, -0.15) is 0 Å². The number of benzene rings is 1. The molecule has 9 heteroatoms. The zero-order chi connectivity index (χ0) is 20.7. The zero-order valence-electron chi connectivity index (χ0n) is 16.0. The molecule has 1 spiro atoms. The maximum Gasteiger partial charge on any atom is 0.238 e. The summed E-state index contributed by atoms with van der Waals surface area (Å²) in [4.78, 5) is 14.9. The van der Waals surface area contributed by atoms with Crippen molar-refractivity contribution in [1.82, 2.24) is 15.0 Å². The molecular weight excluding hydrogens is 425 g/mol. The molecule has 2 aliphatic heterocycles. The summed E-state index contributed by atoms with van der Waals surface area (Å²) in [5.74, 6) is 2.38. The first-order valence-electron chi connectivity index (χ1n) is 9.64. The van der Waals surface area contributed by atoms with Gasteiger partial charge in [0.15, 0.2) is 10.9 Å². The Hall–Kier alpha value is -2.61. The molecule has 7 nitrogen and oxygen atoms in total. The van der Waals surface area contributed by atoms with Crippen LogP contribution in [0, 0.1) is 0 Å². The van der Waals surface area contributed by atoms with Crippen LogP contribution in [0.3, 0.4) is 0 Å². The zero-order valence-corrected chi connectivity index (χ0v) is 17.5. The molecule has 1 atom stereocenters. The maximum absolute atomic E-state index is 6.54. The summed E-state index contributed by atoms with van der Waals surface area (Å²) in [6.07, 6.45) is 6.40. The van der Waals surface area contributed by atoms with E-state index >= 15 is 0 Å². The van der Waals surface area contributed by atoms with Crippen LogP contribution in [0.5, 0.6) is 17.4 Å². The largest absolute Gasteiger partial charge is 0.485 e. The number of nitrogens with zero attached hydrogens (tertiary/aromatic N) is 4. The second-order valence-corrected chi connectivity index (χ2v) is 8.13. The van der Waals surface area contributed by atoms with Crippen LogP contribution in [-0.4, -0.2) is 33.6 Å². The van der Waals surface area contributed by atoms with Gasteiger partial charge in [0, 0.05) is 43.8 Å². The Morgan fingerprint density at radius 2 is 1.87 bits per heavy atom. The summed E-state index contributed by atoms with van der Waals surface area (Å²) in [6.45, 7) is 1.56. The Labute approximate surface area is 183 Å². The van der Waals surface area contributed by atoms with E-state index in [1.54, 1.807) is 18.5 Å². The quantitative estimate of drug-likeness (QED) is 0.600. The predicted octanol–water partition coefficient (Wildman–Crippen LogP) is 4.40. The van der Waals surface area contributed by atoms with Crippen molar-refractivity contribution in [2.75, 3.05) is 18.0 Å². The Morgan fingerprint density at radius 1 is 1.07 bits per heavy atom. The number of aromatic nitrogens is 3. The maximum atomic E-state index is 6.54. The first-order valence-corrected chi connectivity index (χ1v) is 10.4. The first kappa shape index (κ1) is 19.4.